The summed E-state index contributed by atoms with van der Waals surface area (Å²) < 4.78 is 13.5. The Morgan fingerprint density at radius 2 is 1.67 bits per heavy atom. The van der Waals surface area contributed by atoms with Gasteiger partial charge in [0.2, 0.25) is 11.8 Å². The van der Waals surface area contributed by atoms with Crippen molar-refractivity contribution >= 4 is 35.2 Å². The minimum absolute atomic E-state index is 0.0939. The maximum Gasteiger partial charge on any atom is 0.243 e. The molecule has 0 bridgehead atoms. The van der Waals surface area contributed by atoms with Crippen molar-refractivity contribution < 1.29 is 14.0 Å². The average molecular weight is 527 g/mol. The van der Waals surface area contributed by atoms with E-state index in [1.165, 1.54) is 12.1 Å². The van der Waals surface area contributed by atoms with Crippen molar-refractivity contribution in [3.8, 4) is 0 Å². The van der Waals surface area contributed by atoms with Crippen LogP contribution in [0, 0.1) is 5.82 Å². The first-order valence-electron chi connectivity index (χ1n) is 12.2. The van der Waals surface area contributed by atoms with Crippen LogP contribution in [0.4, 0.5) is 4.39 Å². The summed E-state index contributed by atoms with van der Waals surface area (Å²) in [5.41, 5.74) is 1.76. The summed E-state index contributed by atoms with van der Waals surface area (Å²) in [6.45, 7) is 2.77. The molecule has 190 valence electrons. The van der Waals surface area contributed by atoms with Crippen molar-refractivity contribution in [2.75, 3.05) is 12.3 Å². The number of rotatable bonds is 13. The van der Waals surface area contributed by atoms with Crippen LogP contribution in [-0.4, -0.2) is 35.1 Å². The number of nitrogens with zero attached hydrogens (tertiary/aromatic N) is 1. The van der Waals surface area contributed by atoms with Gasteiger partial charge in [-0.25, -0.2) is 4.39 Å². The zero-order valence-electron chi connectivity index (χ0n) is 20.5. The van der Waals surface area contributed by atoms with Gasteiger partial charge >= 0.3 is 0 Å². The van der Waals surface area contributed by atoms with Crippen molar-refractivity contribution in [1.29, 1.82) is 0 Å². The number of hydrogen-bond acceptors (Lipinski definition) is 3. The smallest absolute Gasteiger partial charge is 0.243 e. The Morgan fingerprint density at radius 3 is 2.33 bits per heavy atom. The molecule has 1 atom stereocenters. The first kappa shape index (κ1) is 27.8. The Morgan fingerprint density at radius 1 is 0.972 bits per heavy atom. The Kier molecular flexibility index (Phi) is 11.3. The fourth-order valence-corrected chi connectivity index (χ4v) is 4.77. The second-order valence-electron chi connectivity index (χ2n) is 8.55. The Balaban J connectivity index is 1.76. The number of thioether (sulfide) groups is 1. The summed E-state index contributed by atoms with van der Waals surface area (Å²) in [6, 6.07) is 22.7. The Hall–Kier alpha value is -2.83. The molecule has 2 amide bonds. The summed E-state index contributed by atoms with van der Waals surface area (Å²) in [6.07, 6.45) is 2.19. The second kappa shape index (κ2) is 14.7. The number of nitrogens with one attached hydrogen (secondary N) is 1. The molecule has 1 N–H and O–H groups in total. The van der Waals surface area contributed by atoms with E-state index in [9.17, 15) is 14.0 Å². The van der Waals surface area contributed by atoms with Gasteiger partial charge in [0, 0.05) is 35.8 Å². The molecule has 0 aromatic heterocycles. The van der Waals surface area contributed by atoms with Crippen molar-refractivity contribution in [3.63, 3.8) is 0 Å². The highest BCUT2D eigenvalue weighted by atomic mass is 35.5. The molecule has 3 rings (SSSR count). The zero-order valence-corrected chi connectivity index (χ0v) is 22.0. The molecule has 0 radical (unpaired) electrons. The second-order valence-corrected chi connectivity index (χ2v) is 10.2. The number of halogens is 2. The van der Waals surface area contributed by atoms with Crippen LogP contribution >= 0.6 is 23.4 Å². The van der Waals surface area contributed by atoms with E-state index >= 15 is 0 Å². The summed E-state index contributed by atoms with van der Waals surface area (Å²) in [5, 5.41) is 3.66. The molecule has 7 heteroatoms. The normalized spacial score (nSPS) is 11.6. The Labute approximate surface area is 222 Å². The van der Waals surface area contributed by atoms with Gasteiger partial charge in [-0.15, -0.1) is 11.8 Å². The monoisotopic (exact) mass is 526 g/mol. The van der Waals surface area contributed by atoms with Crippen LogP contribution in [0.3, 0.4) is 0 Å². The number of amides is 2. The zero-order chi connectivity index (χ0) is 25.8. The fraction of sp³-hybridized carbons (Fsp3) is 0.310. The predicted octanol–water partition coefficient (Wildman–Crippen LogP) is 6.52. The highest BCUT2D eigenvalue weighted by molar-refractivity contribution is 7.99. The molecule has 0 heterocycles. The third-order valence-electron chi connectivity index (χ3n) is 5.70. The standard InChI is InChI=1S/C29H32ClFN2O2S/c1-2-18-32-29(35)27(20-22-7-4-3-5-8-22)33(21-23-10-14-25(31)15-11-23)28(34)9-6-19-36-26-16-12-24(30)13-17-26/h3-5,7-8,10-17,27H,2,6,9,18-21H2,1H3,(H,32,35). The lowest BCUT2D eigenvalue weighted by molar-refractivity contribution is -0.141. The van der Waals surface area contributed by atoms with E-state index in [0.717, 1.165) is 28.2 Å². The number of hydrogen-bond donors (Lipinski definition) is 1. The highest BCUT2D eigenvalue weighted by Gasteiger charge is 2.30. The summed E-state index contributed by atoms with van der Waals surface area (Å²) >= 11 is 7.62. The molecule has 3 aromatic carbocycles. The molecule has 0 saturated heterocycles. The number of carbonyl (C=O) groups is 2. The maximum atomic E-state index is 13.5. The maximum absolute atomic E-state index is 13.5. The van der Waals surface area contributed by atoms with E-state index in [2.05, 4.69) is 5.32 Å². The number of benzene rings is 3. The lowest BCUT2D eigenvalue weighted by Crippen LogP contribution is -2.50. The van der Waals surface area contributed by atoms with Crippen LogP contribution in [0.15, 0.2) is 83.8 Å². The van der Waals surface area contributed by atoms with Crippen LogP contribution in [0.1, 0.15) is 37.3 Å². The van der Waals surface area contributed by atoms with Crippen molar-refractivity contribution in [2.45, 2.75) is 50.1 Å². The molecule has 0 saturated carbocycles. The summed E-state index contributed by atoms with van der Waals surface area (Å²) in [4.78, 5) is 29.5. The van der Waals surface area contributed by atoms with Crippen LogP contribution in [0.5, 0.6) is 0 Å². The van der Waals surface area contributed by atoms with Gasteiger partial charge in [0.05, 0.1) is 0 Å². The van der Waals surface area contributed by atoms with Gasteiger partial charge in [0.15, 0.2) is 0 Å². The largest absolute Gasteiger partial charge is 0.354 e. The minimum atomic E-state index is -0.666. The summed E-state index contributed by atoms with van der Waals surface area (Å²) in [7, 11) is 0. The van der Waals surface area contributed by atoms with Gasteiger partial charge < -0.3 is 10.2 Å². The van der Waals surface area contributed by atoms with Crippen molar-refractivity contribution in [3.05, 3.63) is 101 Å². The van der Waals surface area contributed by atoms with Crippen molar-refractivity contribution in [2.24, 2.45) is 0 Å². The van der Waals surface area contributed by atoms with E-state index in [1.54, 1.807) is 28.8 Å². The Bertz CT molecular complexity index is 1090. The third kappa shape index (κ3) is 8.99. The van der Waals surface area contributed by atoms with Gasteiger partial charge in [-0.3, -0.25) is 9.59 Å². The van der Waals surface area contributed by atoms with Crippen LogP contribution in [0.25, 0.3) is 0 Å². The fourth-order valence-electron chi connectivity index (χ4n) is 3.79. The number of carbonyl (C=O) groups excluding carboxylic acids is 2. The van der Waals surface area contributed by atoms with Crippen molar-refractivity contribution in [1.82, 2.24) is 10.2 Å². The topological polar surface area (TPSA) is 49.4 Å². The van der Waals surface area contributed by atoms with Crippen LogP contribution in [0.2, 0.25) is 5.02 Å². The van der Waals surface area contributed by atoms with Crippen LogP contribution < -0.4 is 5.32 Å². The predicted molar refractivity (Wildman–Crippen MR) is 146 cm³/mol. The summed E-state index contributed by atoms with van der Waals surface area (Å²) in [5.74, 6) is 0.163. The van der Waals surface area contributed by atoms with E-state index in [0.29, 0.717) is 30.8 Å². The quantitative estimate of drug-likeness (QED) is 0.204. The first-order chi connectivity index (χ1) is 17.5. The molecule has 36 heavy (non-hydrogen) atoms. The molecule has 4 nitrogen and oxygen atoms in total. The van der Waals surface area contributed by atoms with Gasteiger partial charge in [0.25, 0.3) is 0 Å². The van der Waals surface area contributed by atoms with E-state index in [1.807, 2.05) is 61.5 Å². The van der Waals surface area contributed by atoms with E-state index in [-0.39, 0.29) is 24.2 Å². The molecular formula is C29H32ClFN2O2S. The van der Waals surface area contributed by atoms with Gasteiger partial charge in [0.1, 0.15) is 11.9 Å². The van der Waals surface area contributed by atoms with Gasteiger partial charge in [-0.05, 0) is 66.1 Å². The third-order valence-corrected chi connectivity index (χ3v) is 7.05. The molecule has 0 fully saturated rings. The molecular weight excluding hydrogens is 495 g/mol. The minimum Gasteiger partial charge on any atom is -0.354 e. The molecule has 0 aliphatic carbocycles. The molecule has 0 aliphatic rings. The highest BCUT2D eigenvalue weighted by Crippen LogP contribution is 2.22. The first-order valence-corrected chi connectivity index (χ1v) is 13.6. The molecule has 0 aliphatic heterocycles. The lowest BCUT2D eigenvalue weighted by Gasteiger charge is -2.31. The SMILES string of the molecule is CCCNC(=O)C(Cc1ccccc1)N(Cc1ccc(F)cc1)C(=O)CCCSc1ccc(Cl)cc1. The lowest BCUT2D eigenvalue weighted by atomic mass is 10.0. The molecule has 3 aromatic rings. The molecule has 0 spiro atoms. The van der Waals surface area contributed by atoms with Gasteiger partial charge in [-0.1, -0.05) is 61.0 Å². The van der Waals surface area contributed by atoms with E-state index in [4.69, 9.17) is 11.6 Å². The van der Waals surface area contributed by atoms with Crippen LogP contribution in [-0.2, 0) is 22.6 Å². The average Bonchev–Trinajstić information content (AvgIpc) is 2.89. The van der Waals surface area contributed by atoms with Gasteiger partial charge in [-0.2, -0.15) is 0 Å². The molecule has 1 unspecified atom stereocenters. The van der Waals surface area contributed by atoms with E-state index < -0.39 is 6.04 Å².